The van der Waals surface area contributed by atoms with E-state index in [-0.39, 0.29) is 5.82 Å². The molecule has 0 saturated heterocycles. The number of benzene rings is 2. The lowest BCUT2D eigenvalue weighted by molar-refractivity contribution is 0.603. The average molecular weight is 284 g/mol. The van der Waals surface area contributed by atoms with Crippen LogP contribution in [0, 0.1) is 5.82 Å². The van der Waals surface area contributed by atoms with Gasteiger partial charge in [-0.05, 0) is 42.3 Å². The van der Waals surface area contributed by atoms with E-state index in [1.807, 2.05) is 12.1 Å². The van der Waals surface area contributed by atoms with Crippen molar-refractivity contribution in [3.05, 3.63) is 65.0 Å². The molecule has 1 aliphatic heterocycles. The first-order chi connectivity index (χ1) is 10.3. The van der Waals surface area contributed by atoms with Gasteiger partial charge in [0.05, 0.1) is 0 Å². The quantitative estimate of drug-likeness (QED) is 0.904. The van der Waals surface area contributed by atoms with Crippen LogP contribution in [-0.4, -0.2) is 13.1 Å². The molecule has 1 heterocycles. The minimum Gasteiger partial charge on any atom is -0.367 e. The van der Waals surface area contributed by atoms with Crippen molar-refractivity contribution in [3.8, 4) is 0 Å². The average Bonchev–Trinajstić information content (AvgIpc) is 2.91. The van der Waals surface area contributed by atoms with Crippen LogP contribution in [0.4, 0.5) is 10.1 Å². The van der Waals surface area contributed by atoms with Crippen molar-refractivity contribution < 1.29 is 4.39 Å². The normalized spacial score (nSPS) is 13.5. The Kier molecular flexibility index (Phi) is 4.20. The Morgan fingerprint density at radius 3 is 2.90 bits per heavy atom. The summed E-state index contributed by atoms with van der Waals surface area (Å²) in [7, 11) is 0. The smallest absolute Gasteiger partial charge is 0.128 e. The maximum Gasteiger partial charge on any atom is 0.128 e. The maximum absolute atomic E-state index is 14.1. The molecule has 21 heavy (non-hydrogen) atoms. The Hall–Kier alpha value is -1.87. The lowest BCUT2D eigenvalue weighted by Crippen LogP contribution is -2.21. The fourth-order valence-electron chi connectivity index (χ4n) is 2.90. The van der Waals surface area contributed by atoms with Gasteiger partial charge in [0.1, 0.15) is 5.82 Å². The van der Waals surface area contributed by atoms with Gasteiger partial charge in [-0.1, -0.05) is 31.2 Å². The predicted molar refractivity (Wildman–Crippen MR) is 85.0 cm³/mol. The summed E-state index contributed by atoms with van der Waals surface area (Å²) >= 11 is 0. The molecule has 3 heteroatoms. The summed E-state index contributed by atoms with van der Waals surface area (Å²) in [5.74, 6) is -0.111. The summed E-state index contributed by atoms with van der Waals surface area (Å²) in [6.07, 6.45) is 1.05. The van der Waals surface area contributed by atoms with Crippen LogP contribution in [0.15, 0.2) is 42.5 Å². The summed E-state index contributed by atoms with van der Waals surface area (Å²) in [6.45, 7) is 5.40. The van der Waals surface area contributed by atoms with Crippen LogP contribution in [0.25, 0.3) is 0 Å². The van der Waals surface area contributed by atoms with Crippen LogP contribution in [0.2, 0.25) is 0 Å². The van der Waals surface area contributed by atoms with Crippen LogP contribution in [0.5, 0.6) is 0 Å². The Morgan fingerprint density at radius 1 is 1.19 bits per heavy atom. The summed E-state index contributed by atoms with van der Waals surface area (Å²) in [6, 6.07) is 13.8. The molecule has 0 fully saturated rings. The molecular formula is C18H21FN2. The number of rotatable bonds is 5. The molecule has 1 aliphatic rings. The van der Waals surface area contributed by atoms with Crippen LogP contribution in [0.1, 0.15) is 23.6 Å². The second kappa shape index (κ2) is 6.27. The van der Waals surface area contributed by atoms with E-state index in [0.717, 1.165) is 37.2 Å². The lowest BCUT2D eigenvalue weighted by Gasteiger charge is -2.20. The fraction of sp³-hybridized carbons (Fsp3) is 0.333. The monoisotopic (exact) mass is 284 g/mol. The molecule has 0 spiro atoms. The van der Waals surface area contributed by atoms with E-state index in [1.54, 1.807) is 6.07 Å². The van der Waals surface area contributed by atoms with Crippen LogP contribution < -0.4 is 10.2 Å². The second-order valence-electron chi connectivity index (χ2n) is 5.51. The van der Waals surface area contributed by atoms with Gasteiger partial charge in [-0.15, -0.1) is 0 Å². The van der Waals surface area contributed by atoms with E-state index in [0.29, 0.717) is 6.54 Å². The van der Waals surface area contributed by atoms with E-state index in [9.17, 15) is 4.39 Å². The third-order valence-corrected chi connectivity index (χ3v) is 4.03. The highest BCUT2D eigenvalue weighted by Crippen LogP contribution is 2.29. The Bertz CT molecular complexity index is 624. The van der Waals surface area contributed by atoms with Gasteiger partial charge >= 0.3 is 0 Å². The van der Waals surface area contributed by atoms with Crippen molar-refractivity contribution >= 4 is 5.69 Å². The van der Waals surface area contributed by atoms with Gasteiger partial charge in [-0.3, -0.25) is 0 Å². The molecule has 0 unspecified atom stereocenters. The SMILES string of the molecule is CCNCc1ccc(F)c(CN2CCc3ccccc32)c1. The molecular weight excluding hydrogens is 263 g/mol. The van der Waals surface area contributed by atoms with Crippen molar-refractivity contribution in [1.82, 2.24) is 5.32 Å². The molecule has 0 aliphatic carbocycles. The van der Waals surface area contributed by atoms with Crippen molar-refractivity contribution in [1.29, 1.82) is 0 Å². The van der Waals surface area contributed by atoms with Crippen molar-refractivity contribution in [3.63, 3.8) is 0 Å². The Morgan fingerprint density at radius 2 is 2.05 bits per heavy atom. The van der Waals surface area contributed by atoms with Crippen LogP contribution >= 0.6 is 0 Å². The third kappa shape index (κ3) is 3.08. The van der Waals surface area contributed by atoms with Crippen molar-refractivity contribution in [2.75, 3.05) is 18.0 Å². The largest absolute Gasteiger partial charge is 0.367 e. The molecule has 0 amide bonds. The minimum atomic E-state index is -0.111. The van der Waals surface area contributed by atoms with E-state index in [4.69, 9.17) is 0 Å². The summed E-state index contributed by atoms with van der Waals surface area (Å²) < 4.78 is 14.1. The molecule has 0 aromatic heterocycles. The first-order valence-electron chi connectivity index (χ1n) is 7.59. The Labute approximate surface area is 125 Å². The number of nitrogens with one attached hydrogen (secondary N) is 1. The van der Waals surface area contributed by atoms with Crippen molar-refractivity contribution in [2.45, 2.75) is 26.4 Å². The zero-order valence-corrected chi connectivity index (χ0v) is 12.4. The van der Waals surface area contributed by atoms with Crippen LogP contribution in [0.3, 0.4) is 0 Å². The summed E-state index contributed by atoms with van der Waals surface area (Å²) in [5.41, 5.74) is 4.53. The molecule has 0 atom stereocenters. The van der Waals surface area contributed by atoms with E-state index in [1.165, 1.54) is 11.3 Å². The zero-order chi connectivity index (χ0) is 14.7. The highest BCUT2D eigenvalue weighted by Gasteiger charge is 2.19. The molecule has 2 nitrogen and oxygen atoms in total. The van der Waals surface area contributed by atoms with E-state index in [2.05, 4.69) is 41.4 Å². The topological polar surface area (TPSA) is 15.3 Å². The minimum absolute atomic E-state index is 0.111. The second-order valence-corrected chi connectivity index (χ2v) is 5.51. The number of nitrogens with zero attached hydrogens (tertiary/aromatic N) is 1. The molecule has 2 aromatic rings. The molecule has 0 bridgehead atoms. The third-order valence-electron chi connectivity index (χ3n) is 4.03. The van der Waals surface area contributed by atoms with Gasteiger partial charge in [-0.25, -0.2) is 4.39 Å². The number of para-hydroxylation sites is 1. The first kappa shape index (κ1) is 14.1. The molecule has 1 N–H and O–H groups in total. The van der Waals surface area contributed by atoms with Gasteiger partial charge in [0.2, 0.25) is 0 Å². The maximum atomic E-state index is 14.1. The molecule has 3 rings (SSSR count). The van der Waals surface area contributed by atoms with E-state index >= 15 is 0 Å². The number of anilines is 1. The van der Waals surface area contributed by atoms with Gasteiger partial charge in [-0.2, -0.15) is 0 Å². The summed E-state index contributed by atoms with van der Waals surface area (Å²) in [4.78, 5) is 2.27. The number of fused-ring (bicyclic) bond motifs is 1. The zero-order valence-electron chi connectivity index (χ0n) is 12.4. The highest BCUT2D eigenvalue weighted by molar-refractivity contribution is 5.58. The predicted octanol–water partition coefficient (Wildman–Crippen LogP) is 3.50. The van der Waals surface area contributed by atoms with Crippen molar-refractivity contribution in [2.24, 2.45) is 0 Å². The molecule has 110 valence electrons. The highest BCUT2D eigenvalue weighted by atomic mass is 19.1. The van der Waals surface area contributed by atoms with Crippen LogP contribution in [-0.2, 0) is 19.5 Å². The molecule has 2 aromatic carbocycles. The van der Waals surface area contributed by atoms with Gasteiger partial charge in [0, 0.05) is 30.9 Å². The van der Waals surface area contributed by atoms with Gasteiger partial charge in [0.15, 0.2) is 0 Å². The lowest BCUT2D eigenvalue weighted by atomic mass is 10.1. The first-order valence-corrected chi connectivity index (χ1v) is 7.59. The fourth-order valence-corrected chi connectivity index (χ4v) is 2.90. The van der Waals surface area contributed by atoms with Gasteiger partial charge in [0.25, 0.3) is 0 Å². The number of halogens is 1. The molecule has 0 radical (unpaired) electrons. The van der Waals surface area contributed by atoms with E-state index < -0.39 is 0 Å². The molecule has 0 saturated carbocycles. The number of hydrogen-bond acceptors (Lipinski definition) is 2. The summed E-state index contributed by atoms with van der Waals surface area (Å²) in [5, 5.41) is 3.28. The Balaban J connectivity index is 1.79. The van der Waals surface area contributed by atoms with Gasteiger partial charge < -0.3 is 10.2 Å². The number of hydrogen-bond donors (Lipinski definition) is 1. The standard InChI is InChI=1S/C18H21FN2/c1-2-20-12-14-7-8-17(19)16(11-14)13-21-10-9-15-5-3-4-6-18(15)21/h3-8,11,20H,2,9-10,12-13H2,1H3.